The van der Waals surface area contributed by atoms with Gasteiger partial charge in [0, 0.05) is 13.1 Å². The SMILES string of the molecule is Cc1oc2nc[nH]c(=O)c2c1C(=O)OC(C)C(=O)N1CCC(C)CC1. The number of likely N-dealkylation sites (tertiary alicyclic amines) is 1. The van der Waals surface area contributed by atoms with E-state index >= 15 is 0 Å². The van der Waals surface area contributed by atoms with Gasteiger partial charge in [-0.2, -0.15) is 0 Å². The van der Waals surface area contributed by atoms with Crippen molar-refractivity contribution in [3.05, 3.63) is 28.0 Å². The number of aryl methyl sites for hydroxylation is 1. The summed E-state index contributed by atoms with van der Waals surface area (Å²) in [5.74, 6) is -0.157. The lowest BCUT2D eigenvalue weighted by Crippen LogP contribution is -2.44. The first-order valence-electron chi connectivity index (χ1n) is 8.35. The highest BCUT2D eigenvalue weighted by atomic mass is 16.5. The van der Waals surface area contributed by atoms with Crippen LogP contribution >= 0.6 is 0 Å². The summed E-state index contributed by atoms with van der Waals surface area (Å²) in [6, 6.07) is 0. The zero-order valence-electron chi connectivity index (χ0n) is 14.5. The van der Waals surface area contributed by atoms with E-state index in [1.165, 1.54) is 6.33 Å². The third kappa shape index (κ3) is 3.29. The summed E-state index contributed by atoms with van der Waals surface area (Å²) in [4.78, 5) is 45.0. The van der Waals surface area contributed by atoms with Gasteiger partial charge in [-0.25, -0.2) is 9.78 Å². The van der Waals surface area contributed by atoms with Crippen LogP contribution in [0.2, 0.25) is 0 Å². The number of carbonyl (C=O) groups is 2. The van der Waals surface area contributed by atoms with Crippen molar-refractivity contribution in [1.29, 1.82) is 0 Å². The zero-order valence-corrected chi connectivity index (χ0v) is 14.5. The average Bonchev–Trinajstić information content (AvgIpc) is 2.92. The number of carbonyl (C=O) groups excluding carboxylic acids is 2. The zero-order chi connectivity index (χ0) is 18.1. The van der Waals surface area contributed by atoms with E-state index in [1.807, 2.05) is 0 Å². The molecule has 0 aromatic carbocycles. The molecular formula is C17H21N3O5. The van der Waals surface area contributed by atoms with Crippen LogP contribution in [0.1, 0.15) is 42.8 Å². The molecule has 1 atom stereocenters. The second-order valence-electron chi connectivity index (χ2n) is 6.50. The Morgan fingerprint density at radius 1 is 1.40 bits per heavy atom. The van der Waals surface area contributed by atoms with Crippen LogP contribution in [0, 0.1) is 12.8 Å². The number of amides is 1. The van der Waals surface area contributed by atoms with E-state index < -0.39 is 17.6 Å². The van der Waals surface area contributed by atoms with Crippen LogP contribution in [0.4, 0.5) is 0 Å². The number of nitrogens with zero attached hydrogens (tertiary/aromatic N) is 2. The summed E-state index contributed by atoms with van der Waals surface area (Å²) < 4.78 is 10.7. The summed E-state index contributed by atoms with van der Waals surface area (Å²) >= 11 is 0. The molecule has 1 aliphatic heterocycles. The predicted molar refractivity (Wildman–Crippen MR) is 89.2 cm³/mol. The molecule has 134 valence electrons. The van der Waals surface area contributed by atoms with Crippen molar-refractivity contribution < 1.29 is 18.7 Å². The standard InChI is InChI=1S/C17H21N3O5/c1-9-4-6-20(7-5-9)16(22)11(3)25-17(23)12-10(2)24-15-13(12)14(21)18-8-19-15/h8-9,11H,4-7H2,1-3H3,(H,18,19,21). The fourth-order valence-corrected chi connectivity index (χ4v) is 3.06. The Hall–Kier alpha value is -2.64. The lowest BCUT2D eigenvalue weighted by molar-refractivity contribution is -0.141. The van der Waals surface area contributed by atoms with Crippen LogP contribution in [0.5, 0.6) is 0 Å². The Labute approximate surface area is 144 Å². The molecule has 0 aliphatic carbocycles. The fraction of sp³-hybridized carbons (Fsp3) is 0.529. The van der Waals surface area contributed by atoms with Gasteiger partial charge in [-0.05, 0) is 32.6 Å². The van der Waals surface area contributed by atoms with Gasteiger partial charge in [0.25, 0.3) is 11.5 Å². The molecule has 0 bridgehead atoms. The van der Waals surface area contributed by atoms with Gasteiger partial charge in [-0.1, -0.05) is 6.92 Å². The first kappa shape index (κ1) is 17.2. The molecule has 2 aromatic heterocycles. The molecule has 8 nitrogen and oxygen atoms in total. The van der Waals surface area contributed by atoms with Crippen molar-refractivity contribution >= 4 is 23.0 Å². The molecule has 0 spiro atoms. The molecular weight excluding hydrogens is 326 g/mol. The fourth-order valence-electron chi connectivity index (χ4n) is 3.06. The van der Waals surface area contributed by atoms with Gasteiger partial charge in [0.05, 0.1) is 6.33 Å². The van der Waals surface area contributed by atoms with E-state index in [0.29, 0.717) is 19.0 Å². The number of nitrogens with one attached hydrogen (secondary N) is 1. The van der Waals surface area contributed by atoms with Gasteiger partial charge in [0.2, 0.25) is 5.71 Å². The van der Waals surface area contributed by atoms with Crippen LogP contribution in [-0.4, -0.2) is 45.9 Å². The third-order valence-corrected chi connectivity index (χ3v) is 4.60. The maximum absolute atomic E-state index is 12.5. The molecule has 0 saturated carbocycles. The largest absolute Gasteiger partial charge is 0.449 e. The number of piperidine rings is 1. The predicted octanol–water partition coefficient (Wildman–Crippen LogP) is 1.63. The van der Waals surface area contributed by atoms with Crippen LogP contribution in [0.3, 0.4) is 0 Å². The monoisotopic (exact) mass is 347 g/mol. The highest BCUT2D eigenvalue weighted by molar-refractivity contribution is 6.04. The molecule has 1 N–H and O–H groups in total. The van der Waals surface area contributed by atoms with Crippen molar-refractivity contribution in [2.45, 2.75) is 39.7 Å². The first-order chi connectivity index (χ1) is 11.9. The van der Waals surface area contributed by atoms with Gasteiger partial charge < -0.3 is 19.0 Å². The summed E-state index contributed by atoms with van der Waals surface area (Å²) in [6.07, 6.45) is 2.16. The molecule has 1 unspecified atom stereocenters. The van der Waals surface area contributed by atoms with E-state index in [4.69, 9.17) is 9.15 Å². The number of ether oxygens (including phenoxy) is 1. The van der Waals surface area contributed by atoms with Gasteiger partial charge in [-0.15, -0.1) is 0 Å². The first-order valence-corrected chi connectivity index (χ1v) is 8.35. The topological polar surface area (TPSA) is 106 Å². The van der Waals surface area contributed by atoms with Crippen molar-refractivity contribution in [2.24, 2.45) is 5.92 Å². The van der Waals surface area contributed by atoms with E-state index in [9.17, 15) is 14.4 Å². The van der Waals surface area contributed by atoms with Crippen molar-refractivity contribution in [1.82, 2.24) is 14.9 Å². The number of esters is 1. The van der Waals surface area contributed by atoms with E-state index in [2.05, 4.69) is 16.9 Å². The van der Waals surface area contributed by atoms with Crippen molar-refractivity contribution in [2.75, 3.05) is 13.1 Å². The number of aromatic amines is 1. The van der Waals surface area contributed by atoms with E-state index in [0.717, 1.165) is 12.8 Å². The maximum atomic E-state index is 12.5. The second-order valence-corrected chi connectivity index (χ2v) is 6.50. The quantitative estimate of drug-likeness (QED) is 0.846. The number of hydrogen-bond acceptors (Lipinski definition) is 6. The lowest BCUT2D eigenvalue weighted by Gasteiger charge is -2.31. The molecule has 1 saturated heterocycles. The Bertz CT molecular complexity index is 861. The molecule has 0 radical (unpaired) electrons. The Morgan fingerprint density at radius 2 is 2.08 bits per heavy atom. The summed E-state index contributed by atoms with van der Waals surface area (Å²) in [7, 11) is 0. The number of hydrogen-bond donors (Lipinski definition) is 1. The highest BCUT2D eigenvalue weighted by Gasteiger charge is 2.29. The highest BCUT2D eigenvalue weighted by Crippen LogP contribution is 2.22. The molecule has 3 heterocycles. The van der Waals surface area contributed by atoms with Gasteiger partial charge in [0.15, 0.2) is 6.10 Å². The molecule has 2 aromatic rings. The third-order valence-electron chi connectivity index (χ3n) is 4.60. The normalized spacial score (nSPS) is 16.8. The molecule has 1 amide bonds. The molecule has 25 heavy (non-hydrogen) atoms. The van der Waals surface area contributed by atoms with Crippen LogP contribution in [-0.2, 0) is 9.53 Å². The number of H-pyrrole nitrogens is 1. The number of rotatable bonds is 3. The molecule has 1 fully saturated rings. The summed E-state index contributed by atoms with van der Waals surface area (Å²) in [5.41, 5.74) is -0.411. The van der Waals surface area contributed by atoms with E-state index in [-0.39, 0.29) is 28.3 Å². The molecule has 1 aliphatic rings. The molecule has 8 heteroatoms. The maximum Gasteiger partial charge on any atom is 0.343 e. The van der Waals surface area contributed by atoms with E-state index in [1.54, 1.807) is 18.7 Å². The summed E-state index contributed by atoms with van der Waals surface area (Å²) in [6.45, 7) is 6.58. The Kier molecular flexibility index (Phi) is 4.61. The lowest BCUT2D eigenvalue weighted by atomic mass is 9.99. The van der Waals surface area contributed by atoms with Crippen LogP contribution < -0.4 is 5.56 Å². The van der Waals surface area contributed by atoms with Crippen LogP contribution in [0.15, 0.2) is 15.5 Å². The number of furan rings is 1. The van der Waals surface area contributed by atoms with Crippen LogP contribution in [0.25, 0.3) is 11.1 Å². The minimum Gasteiger partial charge on any atom is -0.449 e. The van der Waals surface area contributed by atoms with Gasteiger partial charge in [0.1, 0.15) is 16.7 Å². The second kappa shape index (κ2) is 6.70. The molecule has 3 rings (SSSR count). The van der Waals surface area contributed by atoms with Crippen molar-refractivity contribution in [3.63, 3.8) is 0 Å². The van der Waals surface area contributed by atoms with Crippen molar-refractivity contribution in [3.8, 4) is 0 Å². The minimum absolute atomic E-state index is 0.0104. The Morgan fingerprint density at radius 3 is 2.76 bits per heavy atom. The van der Waals surface area contributed by atoms with Gasteiger partial charge in [-0.3, -0.25) is 9.59 Å². The number of fused-ring (bicyclic) bond motifs is 1. The smallest absolute Gasteiger partial charge is 0.343 e. The van der Waals surface area contributed by atoms with Gasteiger partial charge >= 0.3 is 5.97 Å². The number of aromatic nitrogens is 2. The summed E-state index contributed by atoms with van der Waals surface area (Å²) in [5, 5.41) is 0.0384. The Balaban J connectivity index is 1.77. The minimum atomic E-state index is -0.930. The average molecular weight is 347 g/mol.